The molecule has 0 aliphatic heterocycles. The van der Waals surface area contributed by atoms with Crippen LogP contribution in [0.3, 0.4) is 0 Å². The van der Waals surface area contributed by atoms with Crippen molar-refractivity contribution in [2.45, 2.75) is 13.3 Å². The molecule has 2 aromatic carbocycles. The van der Waals surface area contributed by atoms with E-state index < -0.39 is 5.97 Å². The molecule has 30 heavy (non-hydrogen) atoms. The van der Waals surface area contributed by atoms with Crippen molar-refractivity contribution in [3.05, 3.63) is 108 Å². The van der Waals surface area contributed by atoms with Gasteiger partial charge in [-0.3, -0.25) is 4.40 Å². The summed E-state index contributed by atoms with van der Waals surface area (Å²) in [7, 11) is 0. The zero-order chi connectivity index (χ0) is 20.9. The first-order valence-electron chi connectivity index (χ1n) is 9.75. The fourth-order valence-corrected chi connectivity index (χ4v) is 3.58. The Morgan fingerprint density at radius 2 is 1.70 bits per heavy atom. The molecule has 0 atom stereocenters. The fraction of sp³-hybridized carbons (Fsp3) is 0.0800. The normalized spacial score (nSPS) is 12.3. The monoisotopic (exact) mass is 395 g/mol. The number of carboxylic acids is 1. The van der Waals surface area contributed by atoms with Crippen molar-refractivity contribution in [2.75, 3.05) is 0 Å². The summed E-state index contributed by atoms with van der Waals surface area (Å²) in [5.74, 6) is -0.959. The van der Waals surface area contributed by atoms with Gasteiger partial charge < -0.3 is 5.11 Å². The lowest BCUT2D eigenvalue weighted by Gasteiger charge is -2.16. The quantitative estimate of drug-likeness (QED) is 0.360. The second-order valence-electron chi connectivity index (χ2n) is 6.88. The van der Waals surface area contributed by atoms with Crippen LogP contribution in [0.4, 0.5) is 0 Å². The van der Waals surface area contributed by atoms with Crippen molar-refractivity contribution in [1.29, 1.82) is 0 Å². The van der Waals surface area contributed by atoms with Gasteiger partial charge in [0, 0.05) is 12.3 Å². The highest BCUT2D eigenvalue weighted by Crippen LogP contribution is 2.34. The number of rotatable bonds is 6. The Kier molecular flexibility index (Phi) is 5.52. The molecule has 0 unspecified atom stereocenters. The van der Waals surface area contributed by atoms with Crippen LogP contribution in [0.1, 0.15) is 35.6 Å². The molecule has 1 N–H and O–H groups in total. The first-order valence-corrected chi connectivity index (χ1v) is 9.75. The van der Waals surface area contributed by atoms with Gasteiger partial charge in [-0.15, -0.1) is 10.2 Å². The molecular formula is C25H21N3O2. The molecule has 0 radical (unpaired) electrons. The number of hydrogen-bond donors (Lipinski definition) is 1. The van der Waals surface area contributed by atoms with E-state index in [-0.39, 0.29) is 0 Å². The highest BCUT2D eigenvalue weighted by Gasteiger charge is 2.14. The number of nitrogens with zero attached hydrogens (tertiary/aromatic N) is 3. The minimum Gasteiger partial charge on any atom is -0.478 e. The third-order valence-corrected chi connectivity index (χ3v) is 4.97. The Morgan fingerprint density at radius 3 is 2.40 bits per heavy atom. The lowest BCUT2D eigenvalue weighted by Crippen LogP contribution is -1.97. The molecule has 4 rings (SSSR count). The van der Waals surface area contributed by atoms with Crippen LogP contribution >= 0.6 is 0 Å². The second kappa shape index (κ2) is 8.57. The van der Waals surface area contributed by atoms with Crippen molar-refractivity contribution in [3.8, 4) is 0 Å². The van der Waals surface area contributed by atoms with E-state index in [2.05, 4.69) is 35.3 Å². The minimum absolute atomic E-state index is 0.796. The SMILES string of the molecule is CCC(=C(c1ccc(C=CC(=O)O)cc1)c1ccc2nncn2c1)c1ccccc1. The largest absolute Gasteiger partial charge is 0.478 e. The van der Waals surface area contributed by atoms with Crippen molar-refractivity contribution >= 4 is 28.8 Å². The molecule has 4 aromatic rings. The number of allylic oxidation sites excluding steroid dienone is 1. The number of aromatic nitrogens is 3. The van der Waals surface area contributed by atoms with E-state index in [0.717, 1.165) is 40.4 Å². The van der Waals surface area contributed by atoms with E-state index in [1.54, 1.807) is 12.4 Å². The van der Waals surface area contributed by atoms with Crippen LogP contribution in [-0.2, 0) is 4.79 Å². The van der Waals surface area contributed by atoms with Gasteiger partial charge in [0.05, 0.1) is 0 Å². The zero-order valence-corrected chi connectivity index (χ0v) is 16.6. The van der Waals surface area contributed by atoms with Crippen LogP contribution in [0, 0.1) is 0 Å². The van der Waals surface area contributed by atoms with Gasteiger partial charge in [-0.05, 0) is 58.0 Å². The van der Waals surface area contributed by atoms with Gasteiger partial charge in [-0.25, -0.2) is 4.79 Å². The maximum Gasteiger partial charge on any atom is 0.328 e. The summed E-state index contributed by atoms with van der Waals surface area (Å²) in [6, 6.07) is 22.3. The molecule has 2 heterocycles. The molecule has 0 fully saturated rings. The lowest BCUT2D eigenvalue weighted by molar-refractivity contribution is -0.131. The Bertz CT molecular complexity index is 1240. The molecule has 0 spiro atoms. The fourth-order valence-electron chi connectivity index (χ4n) is 3.58. The molecule has 0 aliphatic rings. The summed E-state index contributed by atoms with van der Waals surface area (Å²) in [5, 5.41) is 16.9. The molecule has 0 amide bonds. The molecule has 0 bridgehead atoms. The summed E-state index contributed by atoms with van der Waals surface area (Å²) in [4.78, 5) is 10.8. The standard InChI is InChI=1S/C25H21N3O2/c1-2-22(19-6-4-3-5-7-19)25(21-13-14-23-27-26-17-28(23)16-21)20-11-8-18(9-12-20)10-15-24(29)30/h3-17H,2H2,1H3,(H,29,30). The average molecular weight is 395 g/mol. The van der Waals surface area contributed by atoms with Gasteiger partial charge in [0.25, 0.3) is 0 Å². The molecular weight excluding hydrogens is 374 g/mol. The van der Waals surface area contributed by atoms with E-state index in [1.165, 1.54) is 11.1 Å². The van der Waals surface area contributed by atoms with Gasteiger partial charge in [-0.1, -0.05) is 61.5 Å². The first-order chi connectivity index (χ1) is 14.7. The highest BCUT2D eigenvalue weighted by atomic mass is 16.4. The molecule has 5 nitrogen and oxygen atoms in total. The minimum atomic E-state index is -0.959. The van der Waals surface area contributed by atoms with E-state index in [1.807, 2.05) is 59.1 Å². The van der Waals surface area contributed by atoms with Crippen LogP contribution in [-0.4, -0.2) is 25.7 Å². The zero-order valence-electron chi connectivity index (χ0n) is 16.6. The van der Waals surface area contributed by atoms with Crippen molar-refractivity contribution < 1.29 is 9.90 Å². The van der Waals surface area contributed by atoms with Gasteiger partial charge in [0.15, 0.2) is 5.65 Å². The van der Waals surface area contributed by atoms with E-state index >= 15 is 0 Å². The topological polar surface area (TPSA) is 67.5 Å². The molecule has 0 aliphatic carbocycles. The number of benzene rings is 2. The number of carbonyl (C=O) groups is 1. The van der Waals surface area contributed by atoms with Crippen molar-refractivity contribution in [2.24, 2.45) is 0 Å². The number of hydrogen-bond acceptors (Lipinski definition) is 3. The third kappa shape index (κ3) is 4.05. The van der Waals surface area contributed by atoms with Gasteiger partial charge in [0.2, 0.25) is 0 Å². The Hall–Kier alpha value is -3.99. The predicted molar refractivity (Wildman–Crippen MR) is 119 cm³/mol. The highest BCUT2D eigenvalue weighted by molar-refractivity contribution is 5.98. The predicted octanol–water partition coefficient (Wildman–Crippen LogP) is 5.20. The van der Waals surface area contributed by atoms with Gasteiger partial charge in [-0.2, -0.15) is 0 Å². The van der Waals surface area contributed by atoms with E-state index in [9.17, 15) is 4.79 Å². The first kappa shape index (κ1) is 19.3. The second-order valence-corrected chi connectivity index (χ2v) is 6.88. The number of aliphatic carboxylic acids is 1. The Morgan fingerprint density at radius 1 is 0.967 bits per heavy atom. The van der Waals surface area contributed by atoms with Crippen molar-refractivity contribution in [1.82, 2.24) is 14.6 Å². The van der Waals surface area contributed by atoms with E-state index in [4.69, 9.17) is 5.11 Å². The van der Waals surface area contributed by atoms with Gasteiger partial charge >= 0.3 is 5.97 Å². The summed E-state index contributed by atoms with van der Waals surface area (Å²) < 4.78 is 1.91. The maximum absolute atomic E-state index is 10.8. The maximum atomic E-state index is 10.8. The average Bonchev–Trinajstić information content (AvgIpc) is 3.25. The summed E-state index contributed by atoms with van der Waals surface area (Å²) in [5.41, 5.74) is 7.31. The van der Waals surface area contributed by atoms with Crippen LogP contribution in [0.25, 0.3) is 22.9 Å². The van der Waals surface area contributed by atoms with Crippen LogP contribution in [0.2, 0.25) is 0 Å². The van der Waals surface area contributed by atoms with E-state index in [0.29, 0.717) is 0 Å². The Labute approximate surface area is 174 Å². The smallest absolute Gasteiger partial charge is 0.328 e. The van der Waals surface area contributed by atoms with Crippen LogP contribution < -0.4 is 0 Å². The molecule has 148 valence electrons. The third-order valence-electron chi connectivity index (χ3n) is 4.97. The summed E-state index contributed by atoms with van der Waals surface area (Å²) >= 11 is 0. The number of carboxylic acid groups (broad SMARTS) is 1. The van der Waals surface area contributed by atoms with Crippen LogP contribution in [0.15, 0.2) is 85.3 Å². The van der Waals surface area contributed by atoms with Gasteiger partial charge in [0.1, 0.15) is 6.33 Å². The number of fused-ring (bicyclic) bond motifs is 1. The molecule has 0 saturated heterocycles. The van der Waals surface area contributed by atoms with Crippen LogP contribution in [0.5, 0.6) is 0 Å². The summed E-state index contributed by atoms with van der Waals surface area (Å²) in [6.45, 7) is 2.16. The molecule has 2 aromatic heterocycles. The molecule has 0 saturated carbocycles. The Balaban J connectivity index is 1.89. The summed E-state index contributed by atoms with van der Waals surface area (Å²) in [6.07, 6.45) is 7.34. The lowest BCUT2D eigenvalue weighted by atomic mass is 9.88. The van der Waals surface area contributed by atoms with Crippen molar-refractivity contribution in [3.63, 3.8) is 0 Å². The number of pyridine rings is 1. The molecule has 5 heteroatoms.